The molecule has 0 aliphatic heterocycles. The van der Waals surface area contributed by atoms with Crippen LogP contribution < -0.4 is 10.9 Å². The summed E-state index contributed by atoms with van der Waals surface area (Å²) >= 11 is 0. The number of benzene rings is 1. The molecule has 1 atom stereocenters. The lowest BCUT2D eigenvalue weighted by Crippen LogP contribution is -2.36. The van der Waals surface area contributed by atoms with Crippen LogP contribution in [0.5, 0.6) is 0 Å². The first-order chi connectivity index (χ1) is 12.1. The Balaban J connectivity index is 1.78. The molecule has 0 radical (unpaired) electrons. The number of amides is 1. The molecule has 0 aliphatic carbocycles. The van der Waals surface area contributed by atoms with Crippen LogP contribution in [0.25, 0.3) is 11.3 Å². The SMILES string of the molecule is CC(C(=O)NCc1cccnc1)n1nc(-c2ccccc2)ccc1=O. The van der Waals surface area contributed by atoms with Crippen LogP contribution in [-0.4, -0.2) is 20.7 Å². The molecule has 25 heavy (non-hydrogen) atoms. The molecule has 2 aromatic heterocycles. The van der Waals surface area contributed by atoms with E-state index in [2.05, 4.69) is 15.4 Å². The van der Waals surface area contributed by atoms with E-state index in [9.17, 15) is 9.59 Å². The van der Waals surface area contributed by atoms with Gasteiger partial charge in [-0.15, -0.1) is 0 Å². The maximum atomic E-state index is 12.4. The Morgan fingerprint density at radius 2 is 1.92 bits per heavy atom. The van der Waals surface area contributed by atoms with Crippen LogP contribution in [0.15, 0.2) is 71.8 Å². The summed E-state index contributed by atoms with van der Waals surface area (Å²) in [6.45, 7) is 2.01. The first kappa shape index (κ1) is 16.6. The van der Waals surface area contributed by atoms with E-state index in [0.717, 1.165) is 11.1 Å². The van der Waals surface area contributed by atoms with Gasteiger partial charge < -0.3 is 5.32 Å². The predicted octanol–water partition coefficient (Wildman–Crippen LogP) is 2.18. The zero-order valence-electron chi connectivity index (χ0n) is 13.8. The Hall–Kier alpha value is -3.28. The second kappa shape index (κ2) is 7.53. The van der Waals surface area contributed by atoms with Crippen molar-refractivity contribution in [1.29, 1.82) is 0 Å². The van der Waals surface area contributed by atoms with Crippen molar-refractivity contribution in [3.8, 4) is 11.3 Å². The number of rotatable bonds is 5. The van der Waals surface area contributed by atoms with Gasteiger partial charge in [-0.3, -0.25) is 14.6 Å². The molecule has 6 nitrogen and oxygen atoms in total. The average molecular weight is 334 g/mol. The van der Waals surface area contributed by atoms with Crippen LogP contribution in [0.4, 0.5) is 0 Å². The third-order valence-electron chi connectivity index (χ3n) is 3.83. The number of hydrogen-bond acceptors (Lipinski definition) is 4. The Morgan fingerprint density at radius 1 is 1.12 bits per heavy atom. The van der Waals surface area contributed by atoms with Gasteiger partial charge in [0.25, 0.3) is 5.56 Å². The van der Waals surface area contributed by atoms with Crippen LogP contribution in [-0.2, 0) is 11.3 Å². The standard InChI is InChI=1S/C19H18N4O2/c1-14(19(25)21-13-15-6-5-11-20-12-15)23-18(24)10-9-17(22-23)16-7-3-2-4-8-16/h2-12,14H,13H2,1H3,(H,21,25). The number of aromatic nitrogens is 3. The normalized spacial score (nSPS) is 11.7. The van der Waals surface area contributed by atoms with Gasteiger partial charge in [-0.2, -0.15) is 5.10 Å². The lowest BCUT2D eigenvalue weighted by Gasteiger charge is -2.15. The molecule has 0 aliphatic rings. The second-order valence-electron chi connectivity index (χ2n) is 5.62. The number of nitrogens with one attached hydrogen (secondary N) is 1. The minimum atomic E-state index is -0.715. The average Bonchev–Trinajstić information content (AvgIpc) is 2.67. The van der Waals surface area contributed by atoms with Crippen molar-refractivity contribution in [3.63, 3.8) is 0 Å². The second-order valence-corrected chi connectivity index (χ2v) is 5.62. The van der Waals surface area contributed by atoms with Crippen molar-refractivity contribution in [2.45, 2.75) is 19.5 Å². The van der Waals surface area contributed by atoms with Crippen LogP contribution in [0, 0.1) is 0 Å². The molecule has 1 amide bonds. The Labute approximate surface area is 145 Å². The Kier molecular flexibility index (Phi) is 4.99. The van der Waals surface area contributed by atoms with Gasteiger partial charge in [-0.1, -0.05) is 36.4 Å². The molecule has 0 saturated carbocycles. The maximum absolute atomic E-state index is 12.4. The first-order valence-electron chi connectivity index (χ1n) is 7.97. The van der Waals surface area contributed by atoms with Crippen molar-refractivity contribution < 1.29 is 4.79 Å². The van der Waals surface area contributed by atoms with E-state index < -0.39 is 6.04 Å². The first-order valence-corrected chi connectivity index (χ1v) is 7.97. The van der Waals surface area contributed by atoms with Crippen LogP contribution in [0.2, 0.25) is 0 Å². The van der Waals surface area contributed by atoms with E-state index >= 15 is 0 Å². The molecule has 0 fully saturated rings. The van der Waals surface area contributed by atoms with Gasteiger partial charge in [0.1, 0.15) is 6.04 Å². The van der Waals surface area contributed by atoms with Gasteiger partial charge in [0.05, 0.1) is 5.69 Å². The van der Waals surface area contributed by atoms with Crippen LogP contribution >= 0.6 is 0 Å². The summed E-state index contributed by atoms with van der Waals surface area (Å²) in [5.41, 5.74) is 2.11. The lowest BCUT2D eigenvalue weighted by atomic mass is 10.1. The summed E-state index contributed by atoms with van der Waals surface area (Å²) in [7, 11) is 0. The number of carbonyl (C=O) groups is 1. The molecule has 0 saturated heterocycles. The molecule has 126 valence electrons. The number of nitrogens with zero attached hydrogens (tertiary/aromatic N) is 3. The fraction of sp³-hybridized carbons (Fsp3) is 0.158. The third-order valence-corrected chi connectivity index (χ3v) is 3.83. The summed E-state index contributed by atoms with van der Waals surface area (Å²) in [6.07, 6.45) is 3.36. The number of hydrogen-bond donors (Lipinski definition) is 1. The van der Waals surface area contributed by atoms with E-state index in [-0.39, 0.29) is 11.5 Å². The smallest absolute Gasteiger partial charge is 0.267 e. The molecule has 1 unspecified atom stereocenters. The van der Waals surface area contributed by atoms with E-state index in [4.69, 9.17) is 0 Å². The molecule has 3 aromatic rings. The summed E-state index contributed by atoms with van der Waals surface area (Å²) in [5.74, 6) is -0.274. The largest absolute Gasteiger partial charge is 0.350 e. The summed E-state index contributed by atoms with van der Waals surface area (Å²) in [5, 5.41) is 7.15. The van der Waals surface area contributed by atoms with Gasteiger partial charge in [-0.25, -0.2) is 4.68 Å². The summed E-state index contributed by atoms with van der Waals surface area (Å²) in [6, 6.07) is 15.6. The topological polar surface area (TPSA) is 76.9 Å². The minimum absolute atomic E-state index is 0.274. The van der Waals surface area contributed by atoms with Gasteiger partial charge >= 0.3 is 0 Å². The zero-order valence-corrected chi connectivity index (χ0v) is 13.8. The fourth-order valence-electron chi connectivity index (χ4n) is 2.42. The third kappa shape index (κ3) is 3.98. The van der Waals surface area contributed by atoms with Crippen molar-refractivity contribution in [2.24, 2.45) is 0 Å². The lowest BCUT2D eigenvalue weighted by molar-refractivity contribution is -0.124. The van der Waals surface area contributed by atoms with Gasteiger partial charge in [0, 0.05) is 30.6 Å². The highest BCUT2D eigenvalue weighted by Crippen LogP contribution is 2.15. The van der Waals surface area contributed by atoms with Gasteiger partial charge in [-0.05, 0) is 24.6 Å². The monoisotopic (exact) mass is 334 g/mol. The van der Waals surface area contributed by atoms with E-state index in [1.165, 1.54) is 10.7 Å². The Bertz CT molecular complexity index is 907. The molecular formula is C19H18N4O2. The Morgan fingerprint density at radius 3 is 2.64 bits per heavy atom. The highest BCUT2D eigenvalue weighted by molar-refractivity contribution is 5.79. The predicted molar refractivity (Wildman–Crippen MR) is 94.7 cm³/mol. The van der Waals surface area contributed by atoms with E-state index in [1.807, 2.05) is 36.4 Å². The van der Waals surface area contributed by atoms with Crippen molar-refractivity contribution in [3.05, 3.63) is 82.9 Å². The quantitative estimate of drug-likeness (QED) is 0.776. The van der Waals surface area contributed by atoms with Crippen LogP contribution in [0.1, 0.15) is 18.5 Å². The van der Waals surface area contributed by atoms with Gasteiger partial charge in [0.15, 0.2) is 0 Å². The molecule has 0 bridgehead atoms. The molecule has 1 aromatic carbocycles. The van der Waals surface area contributed by atoms with E-state index in [1.54, 1.807) is 31.5 Å². The van der Waals surface area contributed by atoms with Gasteiger partial charge in [0.2, 0.25) is 5.91 Å². The van der Waals surface area contributed by atoms with Crippen molar-refractivity contribution in [2.75, 3.05) is 0 Å². The van der Waals surface area contributed by atoms with Crippen LogP contribution in [0.3, 0.4) is 0 Å². The molecule has 0 spiro atoms. The molecule has 1 N–H and O–H groups in total. The maximum Gasteiger partial charge on any atom is 0.267 e. The fourth-order valence-corrected chi connectivity index (χ4v) is 2.42. The molecule has 6 heteroatoms. The molecular weight excluding hydrogens is 316 g/mol. The molecule has 3 rings (SSSR count). The van der Waals surface area contributed by atoms with E-state index in [0.29, 0.717) is 12.2 Å². The highest BCUT2D eigenvalue weighted by atomic mass is 16.2. The number of pyridine rings is 1. The minimum Gasteiger partial charge on any atom is -0.350 e. The zero-order chi connectivity index (χ0) is 17.6. The van der Waals surface area contributed by atoms with Crippen molar-refractivity contribution in [1.82, 2.24) is 20.1 Å². The summed E-state index contributed by atoms with van der Waals surface area (Å²) in [4.78, 5) is 28.5. The number of carbonyl (C=O) groups excluding carboxylic acids is 1. The summed E-state index contributed by atoms with van der Waals surface area (Å²) < 4.78 is 1.21. The highest BCUT2D eigenvalue weighted by Gasteiger charge is 2.17. The molecule has 2 heterocycles. The van der Waals surface area contributed by atoms with Crippen molar-refractivity contribution >= 4 is 5.91 Å².